The third-order valence-electron chi connectivity index (χ3n) is 7.66. The molecule has 1 aliphatic heterocycles. The second-order valence-electron chi connectivity index (χ2n) is 10.8. The number of amides is 1. The van der Waals surface area contributed by atoms with Crippen LogP contribution in [0.25, 0.3) is 28.0 Å². The number of thioether (sulfide) groups is 1. The largest absolute Gasteiger partial charge is 0.506 e. The molecule has 1 N–H and O–H groups in total. The third kappa shape index (κ3) is 5.24. The highest BCUT2D eigenvalue weighted by Crippen LogP contribution is 2.40. The minimum absolute atomic E-state index is 0.0366. The van der Waals surface area contributed by atoms with E-state index < -0.39 is 34.3 Å². The van der Waals surface area contributed by atoms with Gasteiger partial charge >= 0.3 is 5.69 Å². The minimum Gasteiger partial charge on any atom is -0.506 e. The summed E-state index contributed by atoms with van der Waals surface area (Å²) in [5.74, 6) is -2.30. The van der Waals surface area contributed by atoms with Crippen LogP contribution < -0.4 is 10.6 Å². The Morgan fingerprint density at radius 1 is 1.19 bits per heavy atom. The Morgan fingerprint density at radius 2 is 1.93 bits per heavy atom. The number of aromatic nitrogens is 4. The molecule has 224 valence electrons. The maximum Gasteiger partial charge on any atom is 0.355 e. The summed E-state index contributed by atoms with van der Waals surface area (Å²) in [5, 5.41) is 11.1. The van der Waals surface area contributed by atoms with Crippen molar-refractivity contribution in [2.24, 2.45) is 0 Å². The average Bonchev–Trinajstić information content (AvgIpc) is 2.97. The number of benzene rings is 1. The lowest BCUT2D eigenvalue weighted by Gasteiger charge is -2.40. The Labute approximate surface area is 251 Å². The van der Waals surface area contributed by atoms with E-state index in [1.54, 1.807) is 23.4 Å². The number of hydrogen-bond donors (Lipinski definition) is 1. The van der Waals surface area contributed by atoms with Gasteiger partial charge in [-0.1, -0.05) is 20.4 Å². The molecule has 0 saturated carbocycles. The van der Waals surface area contributed by atoms with Crippen LogP contribution in [-0.4, -0.2) is 67.4 Å². The fraction of sp³-hybridized carbons (Fsp3) is 0.323. The molecule has 0 aliphatic carbocycles. The molecule has 4 aromatic rings. The number of pyridine rings is 2. The third-order valence-corrected chi connectivity index (χ3v) is 8.43. The Morgan fingerprint density at radius 3 is 2.58 bits per heavy atom. The number of phenolic OH excluding ortho intramolecular Hbond substituents is 1. The normalized spacial score (nSPS) is 15.4. The standard InChI is InChI=1S/C31H32F2N6O3S/c1-7-23(40)37-12-13-38(18(5)15-37)29-19-14-21(33)26(24-20(32)8-9-22(43-6)28(24)41)35-30(19)39(31(42)36-29)27-17(4)10-11-34-25(27)16(2)3/h7-11,14,16,18,41H,1,12-13,15H2,2-6H3/t18-/m0/s1. The van der Waals surface area contributed by atoms with Gasteiger partial charge in [0.25, 0.3) is 0 Å². The summed E-state index contributed by atoms with van der Waals surface area (Å²) >= 11 is 1.18. The van der Waals surface area contributed by atoms with Gasteiger partial charge in [-0.05, 0) is 61.9 Å². The molecular formula is C31H32F2N6O3S. The van der Waals surface area contributed by atoms with Gasteiger partial charge in [0.15, 0.2) is 11.5 Å². The second kappa shape index (κ2) is 11.8. The lowest BCUT2D eigenvalue weighted by Crippen LogP contribution is -2.54. The van der Waals surface area contributed by atoms with Crippen molar-refractivity contribution in [3.8, 4) is 22.7 Å². The molecular weight excluding hydrogens is 574 g/mol. The molecule has 43 heavy (non-hydrogen) atoms. The van der Waals surface area contributed by atoms with E-state index in [0.29, 0.717) is 41.5 Å². The van der Waals surface area contributed by atoms with Crippen LogP contribution in [0.15, 0.2) is 52.8 Å². The molecule has 9 nitrogen and oxygen atoms in total. The predicted octanol–water partition coefficient (Wildman–Crippen LogP) is 5.20. The van der Waals surface area contributed by atoms with Crippen LogP contribution in [0.2, 0.25) is 0 Å². The summed E-state index contributed by atoms with van der Waals surface area (Å²) in [6.07, 6.45) is 4.61. The lowest BCUT2D eigenvalue weighted by atomic mass is 10.0. The molecule has 3 aromatic heterocycles. The molecule has 0 spiro atoms. The van der Waals surface area contributed by atoms with Crippen molar-refractivity contribution in [1.82, 2.24) is 24.4 Å². The molecule has 0 bridgehead atoms. The van der Waals surface area contributed by atoms with E-state index in [1.807, 2.05) is 32.6 Å². The first-order valence-electron chi connectivity index (χ1n) is 13.8. The van der Waals surface area contributed by atoms with Crippen molar-refractivity contribution < 1.29 is 18.7 Å². The highest BCUT2D eigenvalue weighted by molar-refractivity contribution is 7.98. The molecule has 12 heteroatoms. The number of carbonyl (C=O) groups excluding carboxylic acids is 1. The van der Waals surface area contributed by atoms with Crippen LogP contribution >= 0.6 is 11.8 Å². The maximum atomic E-state index is 16.0. The van der Waals surface area contributed by atoms with Crippen molar-refractivity contribution in [1.29, 1.82) is 0 Å². The minimum atomic E-state index is -0.895. The van der Waals surface area contributed by atoms with Gasteiger partial charge in [0.05, 0.1) is 22.3 Å². The fourth-order valence-corrected chi connectivity index (χ4v) is 6.02. The van der Waals surface area contributed by atoms with E-state index in [2.05, 4.69) is 21.5 Å². The van der Waals surface area contributed by atoms with E-state index in [1.165, 1.54) is 34.5 Å². The van der Waals surface area contributed by atoms with Crippen molar-refractivity contribution in [2.75, 3.05) is 30.8 Å². The number of rotatable bonds is 6. The lowest BCUT2D eigenvalue weighted by molar-refractivity contribution is -0.126. The van der Waals surface area contributed by atoms with Gasteiger partial charge in [0.2, 0.25) is 5.91 Å². The molecule has 1 amide bonds. The van der Waals surface area contributed by atoms with Gasteiger partial charge in [-0.3, -0.25) is 9.78 Å². The number of fused-ring (bicyclic) bond motifs is 1. The molecule has 1 aromatic carbocycles. The predicted molar refractivity (Wildman–Crippen MR) is 164 cm³/mol. The van der Waals surface area contributed by atoms with Gasteiger partial charge in [-0.15, -0.1) is 11.8 Å². The summed E-state index contributed by atoms with van der Waals surface area (Å²) in [7, 11) is 0. The number of anilines is 1. The van der Waals surface area contributed by atoms with Crippen molar-refractivity contribution >= 4 is 34.5 Å². The van der Waals surface area contributed by atoms with Crippen LogP contribution in [0.4, 0.5) is 14.6 Å². The summed E-state index contributed by atoms with van der Waals surface area (Å²) < 4.78 is 32.5. The van der Waals surface area contributed by atoms with Crippen molar-refractivity contribution in [3.05, 3.63) is 76.5 Å². The fourth-order valence-electron chi connectivity index (χ4n) is 5.53. The number of carbonyl (C=O) groups is 1. The molecule has 0 radical (unpaired) electrons. The van der Waals surface area contributed by atoms with Crippen molar-refractivity contribution in [3.63, 3.8) is 0 Å². The number of phenols is 1. The Kier molecular flexibility index (Phi) is 8.24. The zero-order chi connectivity index (χ0) is 31.2. The second-order valence-corrected chi connectivity index (χ2v) is 11.6. The van der Waals surface area contributed by atoms with Gasteiger partial charge in [-0.25, -0.2) is 23.1 Å². The first kappa shape index (κ1) is 30.1. The summed E-state index contributed by atoms with van der Waals surface area (Å²) in [5.41, 5.74) is 0.293. The quantitative estimate of drug-likeness (QED) is 0.236. The zero-order valence-electron chi connectivity index (χ0n) is 24.6. The Hall–Kier alpha value is -4.32. The van der Waals surface area contributed by atoms with E-state index in [4.69, 9.17) is 0 Å². The number of hydrogen-bond acceptors (Lipinski definition) is 8. The van der Waals surface area contributed by atoms with Crippen LogP contribution in [0.3, 0.4) is 0 Å². The highest BCUT2D eigenvalue weighted by Gasteiger charge is 2.31. The zero-order valence-corrected chi connectivity index (χ0v) is 25.4. The van der Waals surface area contributed by atoms with Crippen LogP contribution in [-0.2, 0) is 4.79 Å². The average molecular weight is 607 g/mol. The Bertz CT molecular complexity index is 1830. The molecule has 5 rings (SSSR count). The number of halogens is 2. The van der Waals surface area contributed by atoms with Crippen LogP contribution in [0.1, 0.15) is 37.9 Å². The highest BCUT2D eigenvalue weighted by atomic mass is 32.2. The van der Waals surface area contributed by atoms with E-state index in [0.717, 1.165) is 6.07 Å². The van der Waals surface area contributed by atoms with Gasteiger partial charge in [-0.2, -0.15) is 4.98 Å². The maximum absolute atomic E-state index is 16.0. The molecule has 4 heterocycles. The van der Waals surface area contributed by atoms with Gasteiger partial charge in [0, 0.05) is 36.8 Å². The smallest absolute Gasteiger partial charge is 0.355 e. The Balaban J connectivity index is 1.85. The number of aryl methyl sites for hydroxylation is 1. The first-order valence-corrected chi connectivity index (χ1v) is 15.0. The van der Waals surface area contributed by atoms with Crippen LogP contribution in [0, 0.1) is 18.6 Å². The first-order chi connectivity index (χ1) is 20.5. The molecule has 1 atom stereocenters. The molecule has 1 fully saturated rings. The number of piperazine rings is 1. The van der Waals surface area contributed by atoms with Gasteiger partial charge < -0.3 is 14.9 Å². The van der Waals surface area contributed by atoms with E-state index >= 15 is 8.78 Å². The van der Waals surface area contributed by atoms with Crippen molar-refractivity contribution in [2.45, 2.75) is 44.6 Å². The number of nitrogens with zero attached hydrogens (tertiary/aromatic N) is 6. The van der Waals surface area contributed by atoms with Crippen LogP contribution in [0.5, 0.6) is 5.75 Å². The number of aromatic hydroxyl groups is 1. The molecule has 1 saturated heterocycles. The molecule has 1 aliphatic rings. The van der Waals surface area contributed by atoms with E-state index in [9.17, 15) is 14.7 Å². The summed E-state index contributed by atoms with van der Waals surface area (Å²) in [6.45, 7) is 12.1. The summed E-state index contributed by atoms with van der Waals surface area (Å²) in [4.78, 5) is 43.6. The molecule has 0 unspecified atom stereocenters. The summed E-state index contributed by atoms with van der Waals surface area (Å²) in [6, 6.07) is 5.20. The van der Waals surface area contributed by atoms with Gasteiger partial charge in [0.1, 0.15) is 23.1 Å². The van der Waals surface area contributed by atoms with E-state index in [-0.39, 0.29) is 34.7 Å². The topological polar surface area (TPSA) is 104 Å². The SMILES string of the molecule is C=CC(=O)N1CCN(c2nc(=O)n(-c3c(C)ccnc3C(C)C)c3nc(-c4c(F)ccc(SC)c4O)c(F)cc23)[C@@H](C)C1. The monoisotopic (exact) mass is 606 g/mol.